The molecule has 0 radical (unpaired) electrons. The summed E-state index contributed by atoms with van der Waals surface area (Å²) in [7, 11) is 0. The number of allylic oxidation sites excluding steroid dienone is 1. The first-order valence-electron chi connectivity index (χ1n) is 13.6. The molecule has 1 unspecified atom stereocenters. The Balaban J connectivity index is 1.35. The number of piperidine rings is 1. The van der Waals surface area contributed by atoms with Gasteiger partial charge in [0.1, 0.15) is 12.1 Å². The Hall–Kier alpha value is -3.37. The van der Waals surface area contributed by atoms with Gasteiger partial charge in [0, 0.05) is 48.8 Å². The highest BCUT2D eigenvalue weighted by Gasteiger charge is 2.29. The molecule has 1 aromatic heterocycles. The van der Waals surface area contributed by atoms with E-state index in [1.165, 1.54) is 12.1 Å². The molecular formula is C29H37FN4O5. The molecule has 1 aromatic carbocycles. The number of likely N-dealkylation sites (tertiary alicyclic amines) is 1. The van der Waals surface area contributed by atoms with Crippen LogP contribution in [0, 0.1) is 18.7 Å². The van der Waals surface area contributed by atoms with E-state index < -0.39 is 11.9 Å². The van der Waals surface area contributed by atoms with Gasteiger partial charge in [-0.05, 0) is 82.2 Å². The first-order valence-corrected chi connectivity index (χ1v) is 13.6. The molecule has 0 bridgehead atoms. The predicted molar refractivity (Wildman–Crippen MR) is 144 cm³/mol. The number of aldehydes is 1. The summed E-state index contributed by atoms with van der Waals surface area (Å²) in [5.41, 5.74) is 2.92. The quantitative estimate of drug-likeness (QED) is 0.199. The molecule has 10 heteroatoms. The fourth-order valence-electron chi connectivity index (χ4n) is 5.55. The molecule has 210 valence electrons. The van der Waals surface area contributed by atoms with Crippen molar-refractivity contribution in [3.63, 3.8) is 0 Å². The van der Waals surface area contributed by atoms with Crippen LogP contribution in [0.5, 0.6) is 5.75 Å². The molecule has 2 aromatic rings. The van der Waals surface area contributed by atoms with E-state index in [2.05, 4.69) is 11.5 Å². The maximum atomic E-state index is 13.6. The topological polar surface area (TPSA) is 117 Å². The van der Waals surface area contributed by atoms with E-state index >= 15 is 0 Å². The number of benzene rings is 1. The fourth-order valence-corrected chi connectivity index (χ4v) is 5.55. The number of aryl methyl sites for hydroxylation is 1. The third kappa shape index (κ3) is 6.80. The summed E-state index contributed by atoms with van der Waals surface area (Å²) >= 11 is 0. The number of hydrogen-bond donors (Lipinski definition) is 1. The number of ether oxygens (including phenoxy) is 1. The minimum absolute atomic E-state index is 0.0620. The second-order valence-corrected chi connectivity index (χ2v) is 10.3. The lowest BCUT2D eigenvalue weighted by Crippen LogP contribution is -2.38. The van der Waals surface area contributed by atoms with Crippen molar-refractivity contribution in [1.29, 1.82) is 0 Å². The van der Waals surface area contributed by atoms with Crippen LogP contribution >= 0.6 is 0 Å². The van der Waals surface area contributed by atoms with Crippen LogP contribution < -0.4 is 16.3 Å². The normalized spacial score (nSPS) is 17.9. The van der Waals surface area contributed by atoms with Gasteiger partial charge in [0.15, 0.2) is 17.7 Å². The minimum Gasteiger partial charge on any atom is -0.454 e. The lowest BCUT2D eigenvalue weighted by atomic mass is 9.85. The fraction of sp³-hybridized carbons (Fsp3) is 0.517. The van der Waals surface area contributed by atoms with Crippen LogP contribution in [0.2, 0.25) is 0 Å². The SMILES string of the molecule is C=C(c1ccc(F)cc1ON)C1CCN(CCc2c(C)nc3n(c2=O)CCCC3OC(=O)CCCC=O)CC1. The zero-order valence-electron chi connectivity index (χ0n) is 22.5. The number of aromatic nitrogens is 2. The van der Waals surface area contributed by atoms with Gasteiger partial charge < -0.3 is 19.3 Å². The largest absolute Gasteiger partial charge is 0.454 e. The number of rotatable bonds is 11. The molecule has 0 saturated carbocycles. The van der Waals surface area contributed by atoms with Crippen molar-refractivity contribution in [2.75, 3.05) is 19.6 Å². The van der Waals surface area contributed by atoms with Crippen LogP contribution in [-0.2, 0) is 27.3 Å². The van der Waals surface area contributed by atoms with Crippen LogP contribution in [0.15, 0.2) is 29.6 Å². The summed E-state index contributed by atoms with van der Waals surface area (Å²) in [4.78, 5) is 48.0. The van der Waals surface area contributed by atoms with Crippen molar-refractivity contribution in [1.82, 2.24) is 14.5 Å². The van der Waals surface area contributed by atoms with Gasteiger partial charge in [-0.25, -0.2) is 9.37 Å². The Labute approximate surface area is 227 Å². The van der Waals surface area contributed by atoms with Crippen LogP contribution in [0.1, 0.15) is 73.7 Å². The Kier molecular flexibility index (Phi) is 9.63. The van der Waals surface area contributed by atoms with E-state index in [-0.39, 0.29) is 29.6 Å². The molecular weight excluding hydrogens is 503 g/mol. The summed E-state index contributed by atoms with van der Waals surface area (Å²) < 4.78 is 20.8. The molecule has 2 aliphatic heterocycles. The molecule has 0 aliphatic carbocycles. The van der Waals surface area contributed by atoms with E-state index in [4.69, 9.17) is 20.5 Å². The smallest absolute Gasteiger partial charge is 0.306 e. The van der Waals surface area contributed by atoms with Crippen LogP contribution in [-0.4, -0.2) is 46.3 Å². The first-order chi connectivity index (χ1) is 18.8. The van der Waals surface area contributed by atoms with Crippen LogP contribution in [0.3, 0.4) is 0 Å². The Morgan fingerprint density at radius 1 is 1.26 bits per heavy atom. The van der Waals surface area contributed by atoms with Crippen molar-refractivity contribution < 1.29 is 23.6 Å². The number of nitrogens with zero attached hydrogens (tertiary/aromatic N) is 3. The third-order valence-electron chi connectivity index (χ3n) is 7.79. The van der Waals surface area contributed by atoms with Crippen molar-refractivity contribution in [2.24, 2.45) is 11.8 Å². The second kappa shape index (κ2) is 13.1. The number of esters is 1. The number of nitrogens with two attached hydrogens (primary N) is 1. The van der Waals surface area contributed by atoms with Crippen molar-refractivity contribution in [3.8, 4) is 5.75 Å². The molecule has 9 nitrogen and oxygen atoms in total. The van der Waals surface area contributed by atoms with Gasteiger partial charge in [-0.2, -0.15) is 5.90 Å². The zero-order chi connectivity index (χ0) is 27.9. The molecule has 0 spiro atoms. The molecule has 0 amide bonds. The first kappa shape index (κ1) is 28.6. The number of halogens is 1. The molecule has 1 saturated heterocycles. The molecule has 1 atom stereocenters. The third-order valence-corrected chi connectivity index (χ3v) is 7.79. The maximum Gasteiger partial charge on any atom is 0.306 e. The highest BCUT2D eigenvalue weighted by molar-refractivity contribution is 5.71. The van der Waals surface area contributed by atoms with Crippen molar-refractivity contribution in [3.05, 3.63) is 63.6 Å². The summed E-state index contributed by atoms with van der Waals surface area (Å²) in [6.07, 6.45) is 4.91. The lowest BCUT2D eigenvalue weighted by molar-refractivity contribution is -0.151. The van der Waals surface area contributed by atoms with Gasteiger partial charge in [-0.15, -0.1) is 0 Å². The molecule has 39 heavy (non-hydrogen) atoms. The Morgan fingerprint density at radius 3 is 2.74 bits per heavy atom. The van der Waals surface area contributed by atoms with Gasteiger partial charge in [-0.1, -0.05) is 6.58 Å². The standard InChI is InChI=1S/C29H37FN4O5/c1-19(23-9-8-22(30)18-26(23)39-31)21-10-14-33(15-11-21)16-12-24-20(2)32-28-25(6-5-13-34(28)29(24)37)38-27(36)7-3-4-17-35/h8-9,17-18,21,25H,1,3-7,10-16,31H2,2H3. The van der Waals surface area contributed by atoms with E-state index in [1.54, 1.807) is 10.6 Å². The van der Waals surface area contributed by atoms with Gasteiger partial charge in [-0.3, -0.25) is 14.2 Å². The molecule has 3 heterocycles. The molecule has 1 fully saturated rings. The van der Waals surface area contributed by atoms with E-state index in [9.17, 15) is 18.8 Å². The number of carbonyl (C=O) groups is 2. The second-order valence-electron chi connectivity index (χ2n) is 10.3. The van der Waals surface area contributed by atoms with Gasteiger partial charge in [0.25, 0.3) is 5.56 Å². The van der Waals surface area contributed by atoms with E-state index in [1.807, 2.05) is 6.92 Å². The highest BCUT2D eigenvalue weighted by Crippen LogP contribution is 2.35. The lowest BCUT2D eigenvalue weighted by Gasteiger charge is -2.33. The van der Waals surface area contributed by atoms with Crippen molar-refractivity contribution in [2.45, 2.75) is 70.9 Å². The van der Waals surface area contributed by atoms with Crippen LogP contribution in [0.25, 0.3) is 5.57 Å². The highest BCUT2D eigenvalue weighted by atomic mass is 19.1. The Morgan fingerprint density at radius 2 is 2.03 bits per heavy atom. The summed E-state index contributed by atoms with van der Waals surface area (Å²) in [6, 6.07) is 4.31. The van der Waals surface area contributed by atoms with Crippen LogP contribution in [0.4, 0.5) is 4.39 Å². The number of hydrogen-bond acceptors (Lipinski definition) is 8. The predicted octanol–water partition coefficient (Wildman–Crippen LogP) is 3.66. The van der Waals surface area contributed by atoms with Gasteiger partial charge >= 0.3 is 5.97 Å². The van der Waals surface area contributed by atoms with Gasteiger partial charge in [0.05, 0.1) is 0 Å². The number of fused-ring (bicyclic) bond motifs is 1. The van der Waals surface area contributed by atoms with E-state index in [0.717, 1.165) is 56.3 Å². The summed E-state index contributed by atoms with van der Waals surface area (Å²) in [6.45, 7) is 9.07. The number of carbonyl (C=O) groups excluding carboxylic acids is 2. The van der Waals surface area contributed by atoms with Crippen molar-refractivity contribution >= 4 is 17.8 Å². The number of unbranched alkanes of at least 4 members (excludes halogenated alkanes) is 1. The monoisotopic (exact) mass is 540 g/mol. The average molecular weight is 541 g/mol. The maximum absolute atomic E-state index is 13.6. The zero-order valence-corrected chi connectivity index (χ0v) is 22.5. The summed E-state index contributed by atoms with van der Waals surface area (Å²) in [5, 5.41) is 0. The molecule has 4 rings (SSSR count). The van der Waals surface area contributed by atoms with E-state index in [0.29, 0.717) is 49.3 Å². The molecule has 2 N–H and O–H groups in total. The Bertz CT molecular complexity index is 1270. The summed E-state index contributed by atoms with van der Waals surface area (Å²) in [5.74, 6) is 5.59. The average Bonchev–Trinajstić information content (AvgIpc) is 2.93. The van der Waals surface area contributed by atoms with Gasteiger partial charge in [0.2, 0.25) is 0 Å². The minimum atomic E-state index is -0.540. The molecule has 2 aliphatic rings.